The van der Waals surface area contributed by atoms with Crippen LogP contribution in [0.25, 0.3) is 0 Å². The maximum Gasteiger partial charge on any atom is 0.0671 e. The summed E-state index contributed by atoms with van der Waals surface area (Å²) in [5.41, 5.74) is 0. The van der Waals surface area contributed by atoms with E-state index < -0.39 is 0 Å². The molecule has 72 valence electrons. The summed E-state index contributed by atoms with van der Waals surface area (Å²) in [7, 11) is 0. The van der Waals surface area contributed by atoms with Gasteiger partial charge >= 0.3 is 0 Å². The Bertz CT molecular complexity index is 112. The Kier molecular flexibility index (Phi) is 7.11. The van der Waals surface area contributed by atoms with Gasteiger partial charge in [-0.3, -0.25) is 0 Å². The number of ether oxygens (including phenoxy) is 1. The third-order valence-electron chi connectivity index (χ3n) is 1.43. The predicted octanol–water partition coefficient (Wildman–Crippen LogP) is 1.82. The van der Waals surface area contributed by atoms with Gasteiger partial charge in [0.2, 0.25) is 0 Å². The van der Waals surface area contributed by atoms with Gasteiger partial charge in [-0.05, 0) is 12.8 Å². The molecule has 1 atom stereocenters. The summed E-state index contributed by atoms with van der Waals surface area (Å²) < 4.78 is 5.55. The molecule has 1 N–H and O–H groups in total. The summed E-state index contributed by atoms with van der Waals surface area (Å²) in [6.45, 7) is 12.6. The van der Waals surface area contributed by atoms with Crippen molar-refractivity contribution in [2.45, 2.75) is 26.9 Å². The Labute approximate surface area is 76.0 Å². The third kappa shape index (κ3) is 7.76. The average molecular weight is 171 g/mol. The molecule has 0 spiro atoms. The van der Waals surface area contributed by atoms with E-state index in [9.17, 15) is 0 Å². The van der Waals surface area contributed by atoms with Crippen molar-refractivity contribution in [1.29, 1.82) is 0 Å². The van der Waals surface area contributed by atoms with Crippen molar-refractivity contribution in [2.75, 3.05) is 19.7 Å². The lowest BCUT2D eigenvalue weighted by atomic mass is 10.2. The van der Waals surface area contributed by atoms with E-state index in [1.165, 1.54) is 0 Å². The first-order chi connectivity index (χ1) is 5.66. The molecule has 0 bridgehead atoms. The average Bonchev–Trinajstić information content (AvgIpc) is 2.01. The lowest BCUT2D eigenvalue weighted by Crippen LogP contribution is -2.27. The van der Waals surface area contributed by atoms with Crippen LogP contribution in [0.4, 0.5) is 0 Å². The summed E-state index contributed by atoms with van der Waals surface area (Å²) in [6.07, 6.45) is 2.15. The quantitative estimate of drug-likeness (QED) is 0.466. The Morgan fingerprint density at radius 1 is 1.42 bits per heavy atom. The second kappa shape index (κ2) is 7.32. The Morgan fingerprint density at radius 2 is 2.08 bits per heavy atom. The van der Waals surface area contributed by atoms with Crippen LogP contribution in [0.5, 0.6) is 0 Å². The van der Waals surface area contributed by atoms with Crippen molar-refractivity contribution < 1.29 is 4.74 Å². The second-order valence-electron chi connectivity index (χ2n) is 3.48. The van der Waals surface area contributed by atoms with Crippen molar-refractivity contribution in [2.24, 2.45) is 5.92 Å². The molecule has 0 aliphatic rings. The molecule has 0 aromatic carbocycles. The van der Waals surface area contributed by atoms with Gasteiger partial charge in [-0.1, -0.05) is 19.9 Å². The molecule has 0 fully saturated rings. The molecule has 12 heavy (non-hydrogen) atoms. The van der Waals surface area contributed by atoms with Crippen LogP contribution in [0, 0.1) is 5.92 Å². The molecule has 1 unspecified atom stereocenters. The summed E-state index contributed by atoms with van der Waals surface area (Å²) >= 11 is 0. The number of rotatable bonds is 7. The normalized spacial score (nSPS) is 13.3. The fourth-order valence-electron chi connectivity index (χ4n) is 0.804. The molecule has 0 heterocycles. The minimum absolute atomic E-state index is 0.298. The maximum absolute atomic E-state index is 5.55. The van der Waals surface area contributed by atoms with Gasteiger partial charge in [-0.25, -0.2) is 0 Å². The zero-order chi connectivity index (χ0) is 9.40. The Morgan fingerprint density at radius 3 is 2.58 bits per heavy atom. The highest BCUT2D eigenvalue weighted by atomic mass is 16.5. The van der Waals surface area contributed by atoms with Crippen molar-refractivity contribution >= 4 is 0 Å². The van der Waals surface area contributed by atoms with Gasteiger partial charge in [0.1, 0.15) is 0 Å². The molecule has 0 amide bonds. The molecule has 0 saturated heterocycles. The number of nitrogens with one attached hydrogen (secondary N) is 1. The van der Waals surface area contributed by atoms with Crippen molar-refractivity contribution in [3.8, 4) is 0 Å². The minimum Gasteiger partial charge on any atom is -0.377 e. The Balaban J connectivity index is 3.21. The first-order valence-electron chi connectivity index (χ1n) is 4.60. The molecule has 2 nitrogen and oxygen atoms in total. The fraction of sp³-hybridized carbons (Fsp3) is 0.800. The molecule has 0 aliphatic carbocycles. The predicted molar refractivity (Wildman–Crippen MR) is 53.3 cm³/mol. The summed E-state index contributed by atoms with van der Waals surface area (Å²) in [5, 5.41) is 3.22. The van der Waals surface area contributed by atoms with Gasteiger partial charge in [0.05, 0.1) is 6.10 Å². The molecule has 0 saturated carbocycles. The third-order valence-corrected chi connectivity index (χ3v) is 1.43. The lowest BCUT2D eigenvalue weighted by Gasteiger charge is -2.14. The van der Waals surface area contributed by atoms with E-state index in [0.717, 1.165) is 19.7 Å². The van der Waals surface area contributed by atoms with Crippen LogP contribution in [0.1, 0.15) is 20.8 Å². The van der Waals surface area contributed by atoms with E-state index in [-0.39, 0.29) is 0 Å². The van der Waals surface area contributed by atoms with Gasteiger partial charge in [0, 0.05) is 19.7 Å². The van der Waals surface area contributed by atoms with E-state index in [1.54, 1.807) is 0 Å². The molecular weight excluding hydrogens is 150 g/mol. The highest BCUT2D eigenvalue weighted by molar-refractivity contribution is 4.70. The van der Waals surface area contributed by atoms with Crippen LogP contribution in [-0.2, 0) is 4.74 Å². The van der Waals surface area contributed by atoms with Crippen molar-refractivity contribution in [1.82, 2.24) is 5.32 Å². The molecule has 2 heteroatoms. The van der Waals surface area contributed by atoms with Gasteiger partial charge in [0.25, 0.3) is 0 Å². The van der Waals surface area contributed by atoms with Gasteiger partial charge < -0.3 is 10.1 Å². The molecule has 0 rings (SSSR count). The van der Waals surface area contributed by atoms with Gasteiger partial charge in [-0.2, -0.15) is 0 Å². The van der Waals surface area contributed by atoms with E-state index in [4.69, 9.17) is 4.74 Å². The van der Waals surface area contributed by atoms with E-state index in [2.05, 4.69) is 32.7 Å². The second-order valence-corrected chi connectivity index (χ2v) is 3.48. The van der Waals surface area contributed by atoms with Crippen molar-refractivity contribution in [3.05, 3.63) is 12.7 Å². The standard InChI is InChI=1S/C10H21NO/c1-5-6-11-7-10(4)12-8-9(2)3/h5,9-11H,1,6-8H2,2-4H3. The zero-order valence-electron chi connectivity index (χ0n) is 8.47. The molecule has 0 aliphatic heterocycles. The number of hydrogen-bond acceptors (Lipinski definition) is 2. The summed E-state index contributed by atoms with van der Waals surface area (Å²) in [5.74, 6) is 0.617. The van der Waals surface area contributed by atoms with E-state index >= 15 is 0 Å². The highest BCUT2D eigenvalue weighted by Crippen LogP contribution is 1.96. The van der Waals surface area contributed by atoms with Crippen molar-refractivity contribution in [3.63, 3.8) is 0 Å². The molecular formula is C10H21NO. The summed E-state index contributed by atoms with van der Waals surface area (Å²) in [6, 6.07) is 0. The van der Waals surface area contributed by atoms with Crippen LogP contribution in [0.15, 0.2) is 12.7 Å². The van der Waals surface area contributed by atoms with Crippen LogP contribution >= 0.6 is 0 Å². The first kappa shape index (κ1) is 11.7. The zero-order valence-corrected chi connectivity index (χ0v) is 8.47. The first-order valence-corrected chi connectivity index (χ1v) is 4.60. The SMILES string of the molecule is C=CCNCC(C)OCC(C)C. The van der Waals surface area contributed by atoms with E-state index in [1.807, 2.05) is 6.08 Å². The topological polar surface area (TPSA) is 21.3 Å². The molecule has 0 aromatic rings. The highest BCUT2D eigenvalue weighted by Gasteiger charge is 2.01. The van der Waals surface area contributed by atoms with Crippen LogP contribution in [0.2, 0.25) is 0 Å². The van der Waals surface area contributed by atoms with Crippen LogP contribution < -0.4 is 5.32 Å². The lowest BCUT2D eigenvalue weighted by molar-refractivity contribution is 0.0484. The largest absolute Gasteiger partial charge is 0.377 e. The Hall–Kier alpha value is -0.340. The monoisotopic (exact) mass is 171 g/mol. The van der Waals surface area contributed by atoms with Gasteiger partial charge in [-0.15, -0.1) is 6.58 Å². The maximum atomic E-state index is 5.55. The minimum atomic E-state index is 0.298. The van der Waals surface area contributed by atoms with Crippen LogP contribution in [-0.4, -0.2) is 25.8 Å². The fourth-order valence-corrected chi connectivity index (χ4v) is 0.804. The number of hydrogen-bond donors (Lipinski definition) is 1. The van der Waals surface area contributed by atoms with E-state index in [0.29, 0.717) is 12.0 Å². The van der Waals surface area contributed by atoms with Gasteiger partial charge in [0.15, 0.2) is 0 Å². The smallest absolute Gasteiger partial charge is 0.0671 e. The van der Waals surface area contributed by atoms with Crippen LogP contribution in [0.3, 0.4) is 0 Å². The molecule has 0 aromatic heterocycles. The molecule has 0 radical (unpaired) electrons. The summed E-state index contributed by atoms with van der Waals surface area (Å²) in [4.78, 5) is 0.